The van der Waals surface area contributed by atoms with Crippen LogP contribution in [0.15, 0.2) is 23.1 Å². The number of carboxylic acid groups (broad SMARTS) is 1. The molecule has 1 aromatic carbocycles. The molecule has 16 heavy (non-hydrogen) atoms. The fourth-order valence-corrected chi connectivity index (χ4v) is 1.78. The van der Waals surface area contributed by atoms with Gasteiger partial charge in [0.2, 0.25) is 0 Å². The second kappa shape index (κ2) is 5.47. The highest BCUT2D eigenvalue weighted by molar-refractivity contribution is 7.99. The molecule has 0 atom stereocenters. The first kappa shape index (κ1) is 12.5. The van der Waals surface area contributed by atoms with Gasteiger partial charge in [0.05, 0.1) is 11.5 Å². The van der Waals surface area contributed by atoms with Crippen molar-refractivity contribution >= 4 is 23.4 Å². The maximum atomic E-state index is 10.7. The van der Waals surface area contributed by atoms with Crippen LogP contribution in [0.4, 0.5) is 5.69 Å². The Morgan fingerprint density at radius 3 is 2.69 bits per heavy atom. The molecule has 0 aliphatic carbocycles. The Bertz CT molecular complexity index is 420. The Morgan fingerprint density at radius 1 is 1.50 bits per heavy atom. The van der Waals surface area contributed by atoms with Gasteiger partial charge in [-0.15, -0.1) is 11.8 Å². The summed E-state index contributed by atoms with van der Waals surface area (Å²) in [5.41, 5.74) is -0.770. The molecule has 0 aliphatic heterocycles. The van der Waals surface area contributed by atoms with E-state index in [1.165, 1.54) is 30.0 Å². The molecule has 0 saturated heterocycles. The minimum absolute atomic E-state index is 0.0425. The predicted octanol–water partition coefficient (Wildman–Crippen LogP) is 1.38. The number of carbonyl (C=O) groups is 1. The zero-order valence-corrected chi connectivity index (χ0v) is 8.94. The Labute approximate surface area is 95.1 Å². The Kier molecular flexibility index (Phi) is 4.27. The van der Waals surface area contributed by atoms with Gasteiger partial charge >= 0.3 is 5.97 Å². The summed E-state index contributed by atoms with van der Waals surface area (Å²) >= 11 is 1.23. The molecule has 0 unspecified atom stereocenters. The highest BCUT2D eigenvalue weighted by Crippen LogP contribution is 2.26. The summed E-state index contributed by atoms with van der Waals surface area (Å²) in [4.78, 5) is 21.2. The number of aliphatic hydroxyl groups is 1. The second-order valence-corrected chi connectivity index (χ2v) is 3.98. The van der Waals surface area contributed by atoms with Crippen LogP contribution in [0.1, 0.15) is 10.4 Å². The molecule has 1 aromatic rings. The first-order chi connectivity index (χ1) is 7.56. The minimum Gasteiger partial charge on any atom is -0.477 e. The lowest BCUT2D eigenvalue weighted by atomic mass is 10.2. The Hall–Kier alpha value is -1.60. The average Bonchev–Trinajstić information content (AvgIpc) is 2.25. The maximum Gasteiger partial charge on any atom is 0.342 e. The van der Waals surface area contributed by atoms with Crippen molar-refractivity contribution in [1.82, 2.24) is 0 Å². The molecule has 0 spiro atoms. The van der Waals surface area contributed by atoms with Crippen molar-refractivity contribution in [1.29, 1.82) is 0 Å². The maximum absolute atomic E-state index is 10.7. The Morgan fingerprint density at radius 2 is 2.19 bits per heavy atom. The molecule has 0 bridgehead atoms. The SMILES string of the molecule is O=C(O)c1ccc(SCCO)cc1[N+](=O)[O-]. The molecule has 7 heteroatoms. The third-order valence-corrected chi connectivity index (χ3v) is 2.73. The van der Waals surface area contributed by atoms with Crippen LogP contribution >= 0.6 is 11.8 Å². The zero-order chi connectivity index (χ0) is 12.1. The van der Waals surface area contributed by atoms with Gasteiger partial charge in [-0.2, -0.15) is 0 Å². The molecule has 86 valence electrons. The second-order valence-electron chi connectivity index (χ2n) is 2.81. The third-order valence-electron chi connectivity index (χ3n) is 1.76. The molecular formula is C9H9NO5S. The monoisotopic (exact) mass is 243 g/mol. The van der Waals surface area contributed by atoms with Gasteiger partial charge in [-0.3, -0.25) is 10.1 Å². The highest BCUT2D eigenvalue weighted by atomic mass is 32.2. The van der Waals surface area contributed by atoms with Crippen molar-refractivity contribution < 1.29 is 19.9 Å². The molecule has 0 fully saturated rings. The number of hydrogen-bond acceptors (Lipinski definition) is 5. The number of aliphatic hydroxyl groups excluding tert-OH is 1. The van der Waals surface area contributed by atoms with Crippen molar-refractivity contribution in [2.45, 2.75) is 4.90 Å². The molecule has 0 radical (unpaired) electrons. The van der Waals surface area contributed by atoms with Crippen LogP contribution in [-0.4, -0.2) is 33.5 Å². The number of aromatic carboxylic acids is 1. The standard InChI is InChI=1S/C9H9NO5S/c11-3-4-16-6-1-2-7(9(12)13)8(5-6)10(14)15/h1-2,5,11H,3-4H2,(H,12,13). The van der Waals surface area contributed by atoms with Crippen LogP contribution in [0.3, 0.4) is 0 Å². The molecule has 0 aliphatic rings. The van der Waals surface area contributed by atoms with Crippen LogP contribution < -0.4 is 0 Å². The van der Waals surface area contributed by atoms with Gasteiger partial charge in [0.1, 0.15) is 5.56 Å². The summed E-state index contributed by atoms with van der Waals surface area (Å²) in [6, 6.07) is 3.88. The average molecular weight is 243 g/mol. The topological polar surface area (TPSA) is 101 Å². The van der Waals surface area contributed by atoms with E-state index >= 15 is 0 Å². The molecule has 0 amide bonds. The van der Waals surface area contributed by atoms with Gasteiger partial charge in [0.15, 0.2) is 0 Å². The first-order valence-corrected chi connectivity index (χ1v) is 5.30. The van der Waals surface area contributed by atoms with E-state index in [-0.39, 0.29) is 12.2 Å². The zero-order valence-electron chi connectivity index (χ0n) is 8.12. The summed E-state index contributed by atoms with van der Waals surface area (Å²) < 4.78 is 0. The van der Waals surface area contributed by atoms with Crippen molar-refractivity contribution in [3.63, 3.8) is 0 Å². The van der Waals surface area contributed by atoms with Crippen molar-refractivity contribution in [3.8, 4) is 0 Å². The number of carboxylic acids is 1. The molecule has 0 heterocycles. The summed E-state index contributed by atoms with van der Waals surface area (Å²) in [5, 5.41) is 28.0. The van der Waals surface area contributed by atoms with Gasteiger partial charge < -0.3 is 10.2 Å². The molecule has 2 N–H and O–H groups in total. The van der Waals surface area contributed by atoms with E-state index in [1.807, 2.05) is 0 Å². The van der Waals surface area contributed by atoms with Crippen LogP contribution in [0.25, 0.3) is 0 Å². The van der Waals surface area contributed by atoms with E-state index in [4.69, 9.17) is 10.2 Å². The summed E-state index contributed by atoms with van der Waals surface area (Å²) in [6.45, 7) is -0.0425. The largest absolute Gasteiger partial charge is 0.477 e. The third kappa shape index (κ3) is 2.94. The number of thioether (sulfide) groups is 1. The Balaban J connectivity index is 3.07. The lowest BCUT2D eigenvalue weighted by molar-refractivity contribution is -0.385. The highest BCUT2D eigenvalue weighted by Gasteiger charge is 2.19. The van der Waals surface area contributed by atoms with Gasteiger partial charge in [-0.1, -0.05) is 0 Å². The van der Waals surface area contributed by atoms with Crippen LogP contribution in [-0.2, 0) is 0 Å². The molecule has 6 nitrogen and oxygen atoms in total. The van der Waals surface area contributed by atoms with E-state index < -0.39 is 16.6 Å². The number of nitro benzene ring substituents is 1. The summed E-state index contributed by atoms with van der Waals surface area (Å²) in [5.74, 6) is -0.922. The van der Waals surface area contributed by atoms with Crippen LogP contribution in [0, 0.1) is 10.1 Å². The smallest absolute Gasteiger partial charge is 0.342 e. The summed E-state index contributed by atoms with van der Waals surface area (Å²) in [7, 11) is 0. The first-order valence-electron chi connectivity index (χ1n) is 4.31. The number of nitrogens with zero attached hydrogens (tertiary/aromatic N) is 1. The van der Waals surface area contributed by atoms with E-state index in [0.29, 0.717) is 10.6 Å². The molecule has 0 saturated carbocycles. The fraction of sp³-hybridized carbons (Fsp3) is 0.222. The van der Waals surface area contributed by atoms with E-state index in [2.05, 4.69) is 0 Å². The molecular weight excluding hydrogens is 234 g/mol. The van der Waals surface area contributed by atoms with E-state index in [9.17, 15) is 14.9 Å². The minimum atomic E-state index is -1.33. The van der Waals surface area contributed by atoms with Crippen LogP contribution in [0.2, 0.25) is 0 Å². The van der Waals surface area contributed by atoms with Crippen LogP contribution in [0.5, 0.6) is 0 Å². The normalized spacial score (nSPS) is 10.1. The number of rotatable bonds is 5. The summed E-state index contributed by atoms with van der Waals surface area (Å²) in [6.07, 6.45) is 0. The molecule has 1 rings (SSSR count). The van der Waals surface area contributed by atoms with Gasteiger partial charge in [0, 0.05) is 16.7 Å². The van der Waals surface area contributed by atoms with E-state index in [0.717, 1.165) is 0 Å². The lowest BCUT2D eigenvalue weighted by Crippen LogP contribution is -2.02. The van der Waals surface area contributed by atoms with E-state index in [1.54, 1.807) is 0 Å². The van der Waals surface area contributed by atoms with Gasteiger partial charge in [-0.05, 0) is 12.1 Å². The van der Waals surface area contributed by atoms with Crippen molar-refractivity contribution in [2.75, 3.05) is 12.4 Å². The molecule has 0 aromatic heterocycles. The van der Waals surface area contributed by atoms with Crippen molar-refractivity contribution in [3.05, 3.63) is 33.9 Å². The van der Waals surface area contributed by atoms with Gasteiger partial charge in [0.25, 0.3) is 5.69 Å². The predicted molar refractivity (Wildman–Crippen MR) is 57.9 cm³/mol. The number of hydrogen-bond donors (Lipinski definition) is 2. The number of nitro groups is 1. The quantitative estimate of drug-likeness (QED) is 0.460. The lowest BCUT2D eigenvalue weighted by Gasteiger charge is -2.02. The van der Waals surface area contributed by atoms with Crippen molar-refractivity contribution in [2.24, 2.45) is 0 Å². The van der Waals surface area contributed by atoms with Gasteiger partial charge in [-0.25, -0.2) is 4.79 Å². The fourth-order valence-electron chi connectivity index (χ4n) is 1.10. The number of benzene rings is 1.